The third kappa shape index (κ3) is 4.75. The van der Waals surface area contributed by atoms with Crippen molar-refractivity contribution in [1.29, 1.82) is 0 Å². The van der Waals surface area contributed by atoms with Crippen molar-refractivity contribution in [1.82, 2.24) is 25.0 Å². The molecule has 3 rings (SSSR count). The van der Waals surface area contributed by atoms with Gasteiger partial charge in [0.1, 0.15) is 5.75 Å². The number of aromatic nitrogens is 3. The molecule has 0 aliphatic carbocycles. The number of rotatable bonds is 6. The number of likely N-dealkylation sites (N-methyl/N-ethyl adjacent to an activating group) is 1. The first-order valence-electron chi connectivity index (χ1n) is 8.96. The predicted octanol–water partition coefficient (Wildman–Crippen LogP) is 2.78. The minimum Gasteiger partial charge on any atom is -0.496 e. The zero-order valence-corrected chi connectivity index (χ0v) is 17.3. The van der Waals surface area contributed by atoms with Gasteiger partial charge in [-0.25, -0.2) is 4.98 Å². The van der Waals surface area contributed by atoms with Crippen molar-refractivity contribution >= 4 is 29.3 Å². The van der Waals surface area contributed by atoms with Crippen LogP contribution in [0.5, 0.6) is 5.75 Å². The Bertz CT molecular complexity index is 792. The first-order chi connectivity index (χ1) is 13.0. The molecule has 0 spiro atoms. The molecule has 0 unspecified atom stereocenters. The molecule has 7 nitrogen and oxygen atoms in total. The van der Waals surface area contributed by atoms with Crippen LogP contribution in [0.3, 0.4) is 0 Å². The number of nitrogens with one attached hydrogen (secondary N) is 1. The van der Waals surface area contributed by atoms with Gasteiger partial charge >= 0.3 is 0 Å². The normalized spacial score (nSPS) is 16.4. The summed E-state index contributed by atoms with van der Waals surface area (Å²) < 4.78 is 5.36. The summed E-state index contributed by atoms with van der Waals surface area (Å²) in [4.78, 5) is 21.5. The number of nitrogens with zero attached hydrogens (tertiary/aromatic N) is 4. The lowest BCUT2D eigenvalue weighted by Gasteiger charge is -2.35. The van der Waals surface area contributed by atoms with E-state index < -0.39 is 0 Å². The monoisotopic (exact) mass is 409 g/mol. The molecular formula is C18H24ClN5O2S. The van der Waals surface area contributed by atoms with E-state index >= 15 is 0 Å². The Kier molecular flexibility index (Phi) is 6.62. The molecule has 1 fully saturated rings. The molecule has 0 radical (unpaired) electrons. The van der Waals surface area contributed by atoms with Crippen molar-refractivity contribution in [3.05, 3.63) is 23.2 Å². The molecule has 0 saturated carbocycles. The van der Waals surface area contributed by atoms with E-state index in [1.165, 1.54) is 11.8 Å². The standard InChI is InChI=1S/C18H24ClN5O2S/c1-4-23-7-9-24(10-8-23)17(25)12(2)27-18-20-16(21-22-18)14-11-13(19)5-6-15(14)26-3/h5-6,11-12H,4,7-10H2,1-3H3,(H,20,21,22)/t12-/m0/s1. The predicted molar refractivity (Wildman–Crippen MR) is 107 cm³/mol. The maximum Gasteiger partial charge on any atom is 0.235 e. The van der Waals surface area contributed by atoms with Gasteiger partial charge in [0, 0.05) is 31.2 Å². The van der Waals surface area contributed by atoms with Gasteiger partial charge in [0.2, 0.25) is 11.1 Å². The van der Waals surface area contributed by atoms with Crippen LogP contribution in [0.15, 0.2) is 23.4 Å². The van der Waals surface area contributed by atoms with Gasteiger partial charge in [-0.1, -0.05) is 30.3 Å². The van der Waals surface area contributed by atoms with E-state index in [0.717, 1.165) is 38.3 Å². The van der Waals surface area contributed by atoms with Gasteiger partial charge in [-0.05, 0) is 31.7 Å². The number of amides is 1. The smallest absolute Gasteiger partial charge is 0.235 e. The van der Waals surface area contributed by atoms with Gasteiger partial charge < -0.3 is 14.5 Å². The number of H-pyrrole nitrogens is 1. The van der Waals surface area contributed by atoms with E-state index in [1.54, 1.807) is 25.3 Å². The van der Waals surface area contributed by atoms with Crippen molar-refractivity contribution in [3.8, 4) is 17.1 Å². The van der Waals surface area contributed by atoms with E-state index in [4.69, 9.17) is 16.3 Å². The van der Waals surface area contributed by atoms with E-state index in [2.05, 4.69) is 27.0 Å². The molecule has 1 atom stereocenters. The maximum absolute atomic E-state index is 12.7. The van der Waals surface area contributed by atoms with Crippen molar-refractivity contribution in [2.24, 2.45) is 0 Å². The summed E-state index contributed by atoms with van der Waals surface area (Å²) >= 11 is 7.44. The first kappa shape index (κ1) is 20.0. The second-order valence-electron chi connectivity index (χ2n) is 6.33. The van der Waals surface area contributed by atoms with Crippen LogP contribution >= 0.6 is 23.4 Å². The zero-order valence-electron chi connectivity index (χ0n) is 15.7. The quantitative estimate of drug-likeness (QED) is 0.739. The Morgan fingerprint density at radius 2 is 2.11 bits per heavy atom. The Balaban J connectivity index is 1.65. The number of carbonyl (C=O) groups excluding carboxylic acids is 1. The van der Waals surface area contributed by atoms with Crippen LogP contribution in [0.25, 0.3) is 11.4 Å². The summed E-state index contributed by atoms with van der Waals surface area (Å²) in [6.45, 7) is 8.48. The van der Waals surface area contributed by atoms with Gasteiger partial charge in [0.05, 0.1) is 17.9 Å². The lowest BCUT2D eigenvalue weighted by atomic mass is 10.2. The lowest BCUT2D eigenvalue weighted by molar-refractivity contribution is -0.132. The molecule has 2 heterocycles. The summed E-state index contributed by atoms with van der Waals surface area (Å²) in [6, 6.07) is 5.32. The fourth-order valence-electron chi connectivity index (χ4n) is 3.03. The number of benzene rings is 1. The molecule has 1 aromatic heterocycles. The van der Waals surface area contributed by atoms with Gasteiger partial charge in [0.15, 0.2) is 5.82 Å². The molecule has 2 aromatic rings. The number of methoxy groups -OCH3 is 1. The second kappa shape index (κ2) is 8.95. The lowest BCUT2D eigenvalue weighted by Crippen LogP contribution is -2.50. The van der Waals surface area contributed by atoms with Crippen LogP contribution in [0.2, 0.25) is 5.02 Å². The number of hydrogen-bond acceptors (Lipinski definition) is 6. The summed E-state index contributed by atoms with van der Waals surface area (Å²) in [5.74, 6) is 1.35. The number of halogens is 1. The number of piperazine rings is 1. The highest BCUT2D eigenvalue weighted by molar-refractivity contribution is 8.00. The van der Waals surface area contributed by atoms with E-state index in [1.807, 2.05) is 11.8 Å². The summed E-state index contributed by atoms with van der Waals surface area (Å²) in [7, 11) is 1.60. The molecule has 146 valence electrons. The molecule has 0 bridgehead atoms. The first-order valence-corrected chi connectivity index (χ1v) is 10.2. The van der Waals surface area contributed by atoms with Crippen molar-refractivity contribution in [3.63, 3.8) is 0 Å². The Morgan fingerprint density at radius 3 is 2.78 bits per heavy atom. The third-order valence-electron chi connectivity index (χ3n) is 4.64. The summed E-state index contributed by atoms with van der Waals surface area (Å²) in [5, 5.41) is 8.02. The van der Waals surface area contributed by atoms with Crippen molar-refractivity contribution in [2.75, 3.05) is 39.8 Å². The molecule has 1 aliphatic heterocycles. The maximum atomic E-state index is 12.7. The number of hydrogen-bond donors (Lipinski definition) is 1. The number of thioether (sulfide) groups is 1. The number of aromatic amines is 1. The average Bonchev–Trinajstić information content (AvgIpc) is 3.15. The molecule has 27 heavy (non-hydrogen) atoms. The van der Waals surface area contributed by atoms with Crippen LogP contribution in [0.4, 0.5) is 0 Å². The minimum absolute atomic E-state index is 0.127. The number of ether oxygens (including phenoxy) is 1. The van der Waals surface area contributed by atoms with Crippen molar-refractivity contribution in [2.45, 2.75) is 24.3 Å². The van der Waals surface area contributed by atoms with Crippen LogP contribution in [0.1, 0.15) is 13.8 Å². The molecule has 1 aromatic carbocycles. The van der Waals surface area contributed by atoms with E-state index in [9.17, 15) is 4.79 Å². The Hall–Kier alpha value is -1.77. The van der Waals surface area contributed by atoms with Crippen LogP contribution in [-0.4, -0.2) is 76.0 Å². The third-order valence-corrected chi connectivity index (χ3v) is 5.83. The largest absolute Gasteiger partial charge is 0.496 e. The number of carbonyl (C=O) groups is 1. The Morgan fingerprint density at radius 1 is 1.37 bits per heavy atom. The zero-order chi connectivity index (χ0) is 19.4. The molecular weight excluding hydrogens is 386 g/mol. The van der Waals surface area contributed by atoms with Crippen LogP contribution in [-0.2, 0) is 4.79 Å². The fourth-order valence-corrected chi connectivity index (χ4v) is 4.02. The van der Waals surface area contributed by atoms with Gasteiger partial charge in [-0.3, -0.25) is 9.89 Å². The van der Waals surface area contributed by atoms with E-state index in [0.29, 0.717) is 21.8 Å². The molecule has 1 aliphatic rings. The topological polar surface area (TPSA) is 74.3 Å². The Labute approximate surface area is 168 Å². The highest BCUT2D eigenvalue weighted by Crippen LogP contribution is 2.31. The summed E-state index contributed by atoms with van der Waals surface area (Å²) in [5.41, 5.74) is 0.735. The highest BCUT2D eigenvalue weighted by atomic mass is 35.5. The second-order valence-corrected chi connectivity index (χ2v) is 8.08. The highest BCUT2D eigenvalue weighted by Gasteiger charge is 2.26. The van der Waals surface area contributed by atoms with Crippen molar-refractivity contribution < 1.29 is 9.53 Å². The molecule has 9 heteroatoms. The van der Waals surface area contributed by atoms with Gasteiger partial charge in [-0.15, -0.1) is 5.10 Å². The van der Waals surface area contributed by atoms with Crippen LogP contribution in [0, 0.1) is 0 Å². The summed E-state index contributed by atoms with van der Waals surface area (Å²) in [6.07, 6.45) is 0. The van der Waals surface area contributed by atoms with Gasteiger partial charge in [0.25, 0.3) is 0 Å². The minimum atomic E-state index is -0.247. The molecule has 1 N–H and O–H groups in total. The fraction of sp³-hybridized carbons (Fsp3) is 0.500. The SMILES string of the molecule is CCN1CCN(C(=O)[C@H](C)Sc2n[nH]c(-c3cc(Cl)ccc3OC)n2)CC1. The molecule has 1 saturated heterocycles. The van der Waals surface area contributed by atoms with Gasteiger partial charge in [-0.2, -0.15) is 0 Å². The van der Waals surface area contributed by atoms with E-state index in [-0.39, 0.29) is 11.2 Å². The molecule has 1 amide bonds. The average molecular weight is 410 g/mol. The van der Waals surface area contributed by atoms with Crippen LogP contribution < -0.4 is 4.74 Å².